The van der Waals surface area contributed by atoms with Gasteiger partial charge in [0.25, 0.3) is 0 Å². The van der Waals surface area contributed by atoms with E-state index in [-0.39, 0.29) is 11.8 Å². The molecule has 0 fully saturated rings. The maximum atomic E-state index is 11.5. The van der Waals surface area contributed by atoms with Crippen LogP contribution in [0.4, 0.5) is 10.5 Å². The Morgan fingerprint density at radius 2 is 1.94 bits per heavy atom. The predicted molar refractivity (Wildman–Crippen MR) is 72.3 cm³/mol. The largest absolute Gasteiger partial charge is 0.338 e. The van der Waals surface area contributed by atoms with Gasteiger partial charge in [0.2, 0.25) is 0 Å². The third-order valence-corrected chi connectivity index (χ3v) is 3.05. The summed E-state index contributed by atoms with van der Waals surface area (Å²) in [6, 6.07) is 6.55. The number of carbonyl (C=O) groups excluding carboxylic acids is 1. The van der Waals surface area contributed by atoms with Gasteiger partial charge in [-0.05, 0) is 18.1 Å². The van der Waals surface area contributed by atoms with Crippen molar-refractivity contribution in [2.24, 2.45) is 0 Å². The fraction of sp³-hybridized carbons (Fsp3) is 0.417. The number of para-hydroxylation sites is 1. The summed E-state index contributed by atoms with van der Waals surface area (Å²) in [5, 5.41) is 5.32. The lowest BCUT2D eigenvalue weighted by Crippen LogP contribution is -2.29. The molecule has 0 atom stereocenters. The maximum Gasteiger partial charge on any atom is 0.319 e. The number of amides is 2. The fourth-order valence-electron chi connectivity index (χ4n) is 1.46. The molecule has 1 rings (SSSR count). The Balaban J connectivity index is 2.79. The van der Waals surface area contributed by atoms with Gasteiger partial charge in [0.05, 0.1) is 5.75 Å². The van der Waals surface area contributed by atoms with Crippen LogP contribution in [0.5, 0.6) is 0 Å². The molecule has 18 heavy (non-hydrogen) atoms. The third-order valence-electron chi connectivity index (χ3n) is 2.22. The molecule has 2 amide bonds. The van der Waals surface area contributed by atoms with Crippen LogP contribution in [0.15, 0.2) is 24.3 Å². The van der Waals surface area contributed by atoms with Crippen LogP contribution in [-0.2, 0) is 15.6 Å². The summed E-state index contributed by atoms with van der Waals surface area (Å²) < 4.78 is 22.6. The normalized spacial score (nSPS) is 11.0. The van der Waals surface area contributed by atoms with Crippen molar-refractivity contribution in [3.05, 3.63) is 29.8 Å². The molecule has 1 aromatic rings. The second kappa shape index (κ2) is 6.39. The third kappa shape index (κ3) is 5.18. The number of rotatable bonds is 5. The molecular formula is C12H18N2O3S. The number of benzene rings is 1. The highest BCUT2D eigenvalue weighted by molar-refractivity contribution is 7.89. The molecule has 0 aliphatic heterocycles. The van der Waals surface area contributed by atoms with E-state index in [4.69, 9.17) is 0 Å². The summed E-state index contributed by atoms with van der Waals surface area (Å²) in [7, 11) is -3.12. The molecule has 0 spiro atoms. The van der Waals surface area contributed by atoms with Gasteiger partial charge >= 0.3 is 6.03 Å². The van der Waals surface area contributed by atoms with Gasteiger partial charge in [-0.3, -0.25) is 0 Å². The molecule has 6 heteroatoms. The molecule has 0 saturated heterocycles. The monoisotopic (exact) mass is 270 g/mol. The van der Waals surface area contributed by atoms with Crippen LogP contribution in [0, 0.1) is 0 Å². The van der Waals surface area contributed by atoms with Gasteiger partial charge in [-0.1, -0.05) is 25.1 Å². The molecule has 0 radical (unpaired) electrons. The molecule has 1 aromatic carbocycles. The smallest absolute Gasteiger partial charge is 0.319 e. The van der Waals surface area contributed by atoms with Gasteiger partial charge in [-0.15, -0.1) is 0 Å². The fourth-order valence-corrected chi connectivity index (χ4v) is 2.27. The van der Waals surface area contributed by atoms with Gasteiger partial charge in [0, 0.05) is 18.5 Å². The molecule has 100 valence electrons. The maximum absolute atomic E-state index is 11.5. The van der Waals surface area contributed by atoms with Crippen LogP contribution >= 0.6 is 0 Å². The number of sulfone groups is 1. The number of carbonyl (C=O) groups is 1. The standard InChI is InChI=1S/C12H18N2O3S/c1-3-8-13-12(15)14-11-7-5-4-6-10(11)9-18(2,16)17/h4-7H,3,8-9H2,1-2H3,(H2,13,14,15). The van der Waals surface area contributed by atoms with E-state index in [2.05, 4.69) is 10.6 Å². The van der Waals surface area contributed by atoms with Crippen LogP contribution in [0.1, 0.15) is 18.9 Å². The number of hydrogen-bond acceptors (Lipinski definition) is 3. The van der Waals surface area contributed by atoms with Gasteiger partial charge in [0.1, 0.15) is 0 Å². The van der Waals surface area contributed by atoms with Crippen molar-refractivity contribution >= 4 is 21.6 Å². The minimum absolute atomic E-state index is 0.0861. The van der Waals surface area contributed by atoms with Gasteiger partial charge in [-0.2, -0.15) is 0 Å². The first-order valence-electron chi connectivity index (χ1n) is 5.73. The lowest BCUT2D eigenvalue weighted by atomic mass is 10.2. The second-order valence-electron chi connectivity index (χ2n) is 4.11. The number of anilines is 1. The Morgan fingerprint density at radius 1 is 1.28 bits per heavy atom. The molecule has 5 nitrogen and oxygen atoms in total. The molecule has 0 unspecified atom stereocenters. The second-order valence-corrected chi connectivity index (χ2v) is 6.25. The average Bonchev–Trinajstić information content (AvgIpc) is 2.27. The van der Waals surface area contributed by atoms with Crippen LogP contribution in [0.3, 0.4) is 0 Å². The van der Waals surface area contributed by atoms with Crippen molar-refractivity contribution in [3.8, 4) is 0 Å². The summed E-state index contributed by atoms with van der Waals surface area (Å²) in [5.74, 6) is -0.0861. The zero-order valence-corrected chi connectivity index (χ0v) is 11.4. The lowest BCUT2D eigenvalue weighted by molar-refractivity contribution is 0.252. The summed E-state index contributed by atoms with van der Waals surface area (Å²) in [5.41, 5.74) is 1.11. The zero-order chi connectivity index (χ0) is 13.6. The first-order chi connectivity index (χ1) is 8.42. The molecule has 0 saturated carbocycles. The van der Waals surface area contributed by atoms with E-state index >= 15 is 0 Å². The van der Waals surface area contributed by atoms with E-state index in [0.717, 1.165) is 6.42 Å². The SMILES string of the molecule is CCCNC(=O)Nc1ccccc1CS(C)(=O)=O. The quantitative estimate of drug-likeness (QED) is 0.856. The minimum Gasteiger partial charge on any atom is -0.338 e. The highest BCUT2D eigenvalue weighted by Gasteiger charge is 2.10. The number of hydrogen-bond donors (Lipinski definition) is 2. The van der Waals surface area contributed by atoms with E-state index in [0.29, 0.717) is 17.8 Å². The summed E-state index contributed by atoms with van der Waals surface area (Å²) in [6.45, 7) is 2.54. The van der Waals surface area contributed by atoms with Gasteiger partial charge in [-0.25, -0.2) is 13.2 Å². The lowest BCUT2D eigenvalue weighted by Gasteiger charge is -2.11. The van der Waals surface area contributed by atoms with Crippen LogP contribution < -0.4 is 10.6 Å². The van der Waals surface area contributed by atoms with Crippen molar-refractivity contribution in [1.82, 2.24) is 5.32 Å². The summed E-state index contributed by atoms with van der Waals surface area (Å²) in [4.78, 5) is 11.5. The Kier molecular flexibility index (Phi) is 5.15. The number of urea groups is 1. The Hall–Kier alpha value is -1.56. The Labute approximate surface area is 108 Å². The van der Waals surface area contributed by atoms with E-state index < -0.39 is 9.84 Å². The van der Waals surface area contributed by atoms with Crippen LogP contribution in [0.2, 0.25) is 0 Å². The van der Waals surface area contributed by atoms with E-state index in [1.807, 2.05) is 6.92 Å². The van der Waals surface area contributed by atoms with E-state index in [9.17, 15) is 13.2 Å². The van der Waals surface area contributed by atoms with Crippen molar-refractivity contribution in [1.29, 1.82) is 0 Å². The molecule has 0 aliphatic carbocycles. The van der Waals surface area contributed by atoms with Crippen LogP contribution in [0.25, 0.3) is 0 Å². The number of nitrogens with one attached hydrogen (secondary N) is 2. The van der Waals surface area contributed by atoms with Gasteiger partial charge in [0.15, 0.2) is 9.84 Å². The van der Waals surface area contributed by atoms with Crippen LogP contribution in [-0.4, -0.2) is 27.2 Å². The predicted octanol–water partition coefficient (Wildman–Crippen LogP) is 1.76. The highest BCUT2D eigenvalue weighted by atomic mass is 32.2. The molecular weight excluding hydrogens is 252 g/mol. The zero-order valence-electron chi connectivity index (χ0n) is 10.6. The molecule has 0 heterocycles. The average molecular weight is 270 g/mol. The summed E-state index contributed by atoms with van der Waals surface area (Å²) >= 11 is 0. The van der Waals surface area contributed by atoms with Crippen molar-refractivity contribution < 1.29 is 13.2 Å². The molecule has 0 aliphatic rings. The van der Waals surface area contributed by atoms with Crippen molar-refractivity contribution in [3.63, 3.8) is 0 Å². The van der Waals surface area contributed by atoms with E-state index in [1.54, 1.807) is 24.3 Å². The van der Waals surface area contributed by atoms with Crippen molar-refractivity contribution in [2.75, 3.05) is 18.1 Å². The minimum atomic E-state index is -3.12. The topological polar surface area (TPSA) is 75.3 Å². The Morgan fingerprint density at radius 3 is 2.56 bits per heavy atom. The van der Waals surface area contributed by atoms with Gasteiger partial charge < -0.3 is 10.6 Å². The molecule has 2 N–H and O–H groups in total. The highest BCUT2D eigenvalue weighted by Crippen LogP contribution is 2.17. The molecule has 0 aromatic heterocycles. The Bertz CT molecular complexity index is 512. The first-order valence-corrected chi connectivity index (χ1v) is 7.79. The first kappa shape index (κ1) is 14.5. The molecule has 0 bridgehead atoms. The summed E-state index contributed by atoms with van der Waals surface area (Å²) in [6.07, 6.45) is 2.01. The van der Waals surface area contributed by atoms with E-state index in [1.165, 1.54) is 6.26 Å². The van der Waals surface area contributed by atoms with Crippen molar-refractivity contribution in [2.45, 2.75) is 19.1 Å².